The summed E-state index contributed by atoms with van der Waals surface area (Å²) in [7, 11) is 0. The molecule has 2 unspecified atom stereocenters. The average Bonchev–Trinajstić information content (AvgIpc) is 3.46. The fraction of sp³-hybridized carbons (Fsp3) is 0.636. The van der Waals surface area contributed by atoms with Crippen molar-refractivity contribution in [2.45, 2.75) is 31.8 Å². The molecule has 3 aliphatic heterocycles. The minimum absolute atomic E-state index is 0.161. The number of nitrogens with zero attached hydrogens (tertiary/aromatic N) is 2. The van der Waals surface area contributed by atoms with E-state index in [1.54, 1.807) is 0 Å². The van der Waals surface area contributed by atoms with Crippen LogP contribution in [0.4, 0.5) is 10.5 Å². The van der Waals surface area contributed by atoms with E-state index >= 15 is 0 Å². The number of hydrogen-bond acceptors (Lipinski definition) is 5. The highest BCUT2D eigenvalue weighted by Crippen LogP contribution is 2.22. The highest BCUT2D eigenvalue weighted by atomic mass is 16.5. The molecule has 0 saturated carbocycles. The van der Waals surface area contributed by atoms with Crippen LogP contribution in [0.2, 0.25) is 0 Å². The molecule has 30 heavy (non-hydrogen) atoms. The van der Waals surface area contributed by atoms with E-state index in [9.17, 15) is 9.59 Å². The molecule has 3 saturated heterocycles. The van der Waals surface area contributed by atoms with Crippen LogP contribution >= 0.6 is 0 Å². The first kappa shape index (κ1) is 21.1. The number of rotatable bonds is 7. The second-order valence-electron chi connectivity index (χ2n) is 8.22. The van der Waals surface area contributed by atoms with Gasteiger partial charge in [0.25, 0.3) is 0 Å². The number of morpholine rings is 1. The molecule has 0 aromatic heterocycles. The lowest BCUT2D eigenvalue weighted by Crippen LogP contribution is -2.53. The number of anilines is 1. The van der Waals surface area contributed by atoms with Crippen molar-refractivity contribution in [2.75, 3.05) is 57.5 Å². The zero-order valence-electron chi connectivity index (χ0n) is 17.5. The van der Waals surface area contributed by atoms with Gasteiger partial charge in [0, 0.05) is 63.4 Å². The lowest BCUT2D eigenvalue weighted by atomic mass is 9.97. The molecule has 2 N–H and O–H groups in total. The van der Waals surface area contributed by atoms with Gasteiger partial charge in [0.2, 0.25) is 5.91 Å². The van der Waals surface area contributed by atoms with E-state index in [4.69, 9.17) is 9.47 Å². The third kappa shape index (κ3) is 5.30. The third-order valence-corrected chi connectivity index (χ3v) is 6.27. The first-order valence-electron chi connectivity index (χ1n) is 11.0. The summed E-state index contributed by atoms with van der Waals surface area (Å²) in [6.07, 6.45) is 2.58. The van der Waals surface area contributed by atoms with Crippen molar-refractivity contribution in [3.05, 3.63) is 29.8 Å². The average molecular weight is 417 g/mol. The Morgan fingerprint density at radius 3 is 2.53 bits per heavy atom. The second kappa shape index (κ2) is 10.2. The monoisotopic (exact) mass is 416 g/mol. The van der Waals surface area contributed by atoms with Gasteiger partial charge in [0.05, 0.1) is 19.8 Å². The van der Waals surface area contributed by atoms with Crippen molar-refractivity contribution in [3.8, 4) is 0 Å². The number of carbonyl (C=O) groups is 2. The SMILES string of the molecule is O=C(NCc1ccc(N2CCCC2=O)cc1)NCC(C1CCOC1)N1CCOCC1. The van der Waals surface area contributed by atoms with Crippen LogP contribution in [0, 0.1) is 5.92 Å². The largest absolute Gasteiger partial charge is 0.381 e. The van der Waals surface area contributed by atoms with Gasteiger partial charge in [-0.2, -0.15) is 0 Å². The van der Waals surface area contributed by atoms with Crippen LogP contribution < -0.4 is 15.5 Å². The Kier molecular flexibility index (Phi) is 7.20. The van der Waals surface area contributed by atoms with E-state index in [1.807, 2.05) is 29.2 Å². The Morgan fingerprint density at radius 2 is 1.87 bits per heavy atom. The Bertz CT molecular complexity index is 714. The predicted octanol–water partition coefficient (Wildman–Crippen LogP) is 1.35. The lowest BCUT2D eigenvalue weighted by molar-refractivity contribution is -0.117. The number of ether oxygens (including phenoxy) is 2. The first-order valence-corrected chi connectivity index (χ1v) is 11.0. The highest BCUT2D eigenvalue weighted by molar-refractivity contribution is 5.95. The smallest absolute Gasteiger partial charge is 0.315 e. The van der Waals surface area contributed by atoms with Crippen molar-refractivity contribution < 1.29 is 19.1 Å². The normalized spacial score (nSPS) is 23.5. The maximum Gasteiger partial charge on any atom is 0.315 e. The zero-order chi connectivity index (χ0) is 20.8. The molecule has 164 valence electrons. The van der Waals surface area contributed by atoms with Crippen LogP contribution in [0.5, 0.6) is 0 Å². The summed E-state index contributed by atoms with van der Waals surface area (Å²) in [5, 5.41) is 5.99. The Balaban J connectivity index is 1.24. The van der Waals surface area contributed by atoms with Gasteiger partial charge in [0.1, 0.15) is 0 Å². The molecule has 0 radical (unpaired) electrons. The van der Waals surface area contributed by atoms with Gasteiger partial charge < -0.3 is 25.0 Å². The Hall–Kier alpha value is -2.16. The van der Waals surface area contributed by atoms with Gasteiger partial charge in [-0.15, -0.1) is 0 Å². The van der Waals surface area contributed by atoms with Crippen molar-refractivity contribution in [1.82, 2.24) is 15.5 Å². The van der Waals surface area contributed by atoms with Gasteiger partial charge >= 0.3 is 6.03 Å². The third-order valence-electron chi connectivity index (χ3n) is 6.27. The predicted molar refractivity (Wildman–Crippen MR) is 113 cm³/mol. The minimum atomic E-state index is -0.161. The summed E-state index contributed by atoms with van der Waals surface area (Å²) in [5.74, 6) is 0.631. The van der Waals surface area contributed by atoms with E-state index in [-0.39, 0.29) is 18.0 Å². The Labute approximate surface area is 177 Å². The molecule has 3 fully saturated rings. The van der Waals surface area contributed by atoms with Crippen molar-refractivity contribution in [1.29, 1.82) is 0 Å². The van der Waals surface area contributed by atoms with E-state index < -0.39 is 0 Å². The maximum absolute atomic E-state index is 12.4. The maximum atomic E-state index is 12.4. The van der Waals surface area contributed by atoms with Gasteiger partial charge in [-0.3, -0.25) is 9.69 Å². The summed E-state index contributed by atoms with van der Waals surface area (Å²) >= 11 is 0. The molecule has 4 rings (SSSR count). The fourth-order valence-corrected chi connectivity index (χ4v) is 4.52. The van der Waals surface area contributed by atoms with Gasteiger partial charge in [-0.1, -0.05) is 12.1 Å². The van der Waals surface area contributed by atoms with Crippen LogP contribution in [0.25, 0.3) is 0 Å². The minimum Gasteiger partial charge on any atom is -0.381 e. The first-order chi connectivity index (χ1) is 14.7. The summed E-state index contributed by atoms with van der Waals surface area (Å²) in [6, 6.07) is 7.95. The van der Waals surface area contributed by atoms with Crippen molar-refractivity contribution in [2.24, 2.45) is 5.92 Å². The molecular formula is C22H32N4O4. The summed E-state index contributed by atoms with van der Waals surface area (Å²) < 4.78 is 11.1. The summed E-state index contributed by atoms with van der Waals surface area (Å²) in [6.45, 7) is 6.70. The number of benzene rings is 1. The molecule has 8 heteroatoms. The van der Waals surface area contributed by atoms with Crippen LogP contribution in [-0.2, 0) is 20.8 Å². The lowest BCUT2D eigenvalue weighted by Gasteiger charge is -2.37. The molecule has 1 aromatic carbocycles. The van der Waals surface area contributed by atoms with Gasteiger partial charge in [-0.05, 0) is 30.5 Å². The summed E-state index contributed by atoms with van der Waals surface area (Å²) in [5.41, 5.74) is 1.94. The molecule has 2 atom stereocenters. The second-order valence-corrected chi connectivity index (χ2v) is 8.22. The zero-order valence-corrected chi connectivity index (χ0v) is 17.5. The molecule has 8 nitrogen and oxygen atoms in total. The highest BCUT2D eigenvalue weighted by Gasteiger charge is 2.31. The van der Waals surface area contributed by atoms with Gasteiger partial charge in [-0.25, -0.2) is 4.79 Å². The topological polar surface area (TPSA) is 83.1 Å². The van der Waals surface area contributed by atoms with E-state index in [1.165, 1.54) is 0 Å². The van der Waals surface area contributed by atoms with Crippen molar-refractivity contribution in [3.63, 3.8) is 0 Å². The van der Waals surface area contributed by atoms with E-state index in [0.29, 0.717) is 25.4 Å². The standard InChI is InChI=1S/C22H32N4O4/c27-21-2-1-8-26(21)19-5-3-17(4-6-19)14-23-22(28)24-15-20(18-7-11-30-16-18)25-9-12-29-13-10-25/h3-6,18,20H,1-2,7-16H2,(H2,23,24,28). The molecule has 3 aliphatic rings. The molecule has 1 aromatic rings. The van der Waals surface area contributed by atoms with Crippen LogP contribution in [-0.4, -0.2) is 75.5 Å². The number of nitrogens with one attached hydrogen (secondary N) is 2. The number of carbonyl (C=O) groups excluding carboxylic acids is 2. The van der Waals surface area contributed by atoms with Crippen LogP contribution in [0.3, 0.4) is 0 Å². The molecule has 3 heterocycles. The fourth-order valence-electron chi connectivity index (χ4n) is 4.52. The molecular weight excluding hydrogens is 384 g/mol. The molecule has 0 spiro atoms. The number of urea groups is 1. The number of amides is 3. The van der Waals surface area contributed by atoms with Gasteiger partial charge in [0.15, 0.2) is 0 Å². The quantitative estimate of drug-likeness (QED) is 0.701. The van der Waals surface area contributed by atoms with E-state index in [2.05, 4.69) is 15.5 Å². The molecule has 3 amide bonds. The van der Waals surface area contributed by atoms with Crippen LogP contribution in [0.1, 0.15) is 24.8 Å². The Morgan fingerprint density at radius 1 is 1.07 bits per heavy atom. The van der Waals surface area contributed by atoms with Crippen LogP contribution in [0.15, 0.2) is 24.3 Å². The molecule has 0 aliphatic carbocycles. The summed E-state index contributed by atoms with van der Waals surface area (Å²) in [4.78, 5) is 28.5. The van der Waals surface area contributed by atoms with E-state index in [0.717, 1.165) is 70.2 Å². The number of hydrogen-bond donors (Lipinski definition) is 2. The van der Waals surface area contributed by atoms with Crippen molar-refractivity contribution >= 4 is 17.6 Å². The molecule has 0 bridgehead atoms.